The molecule has 0 saturated carbocycles. The van der Waals surface area contributed by atoms with Gasteiger partial charge in [0.2, 0.25) is 0 Å². The largest absolute Gasteiger partial charge is 0.493 e. The molecule has 0 bridgehead atoms. The zero-order valence-corrected chi connectivity index (χ0v) is 13.2. The molecule has 0 aliphatic carbocycles. The van der Waals surface area contributed by atoms with Crippen LogP contribution in [-0.4, -0.2) is 18.1 Å². The van der Waals surface area contributed by atoms with E-state index in [4.69, 9.17) is 4.74 Å². The molecule has 0 fully saturated rings. The number of nitrogens with one attached hydrogen (secondary N) is 1. The van der Waals surface area contributed by atoms with Gasteiger partial charge in [0.05, 0.1) is 17.6 Å². The minimum atomic E-state index is -0.387. The van der Waals surface area contributed by atoms with Crippen LogP contribution in [0.25, 0.3) is 0 Å². The number of rotatable bonds is 10. The lowest BCUT2D eigenvalue weighted by atomic mass is 10.0. The van der Waals surface area contributed by atoms with Crippen LogP contribution in [-0.2, 0) is 0 Å². The topological polar surface area (TPSA) is 64.4 Å². The molecule has 0 heterocycles. The predicted octanol–water partition coefficient (Wildman–Crippen LogP) is 4.62. The third-order valence-electron chi connectivity index (χ3n) is 3.51. The Morgan fingerprint density at radius 2 is 2.05 bits per heavy atom. The Morgan fingerprint density at radius 1 is 1.29 bits per heavy atom. The lowest BCUT2D eigenvalue weighted by Crippen LogP contribution is -2.11. The number of nitro benzene ring substituents is 1. The van der Waals surface area contributed by atoms with Gasteiger partial charge in [-0.1, -0.05) is 33.1 Å². The SMILES string of the molecule is CCCCC(CC)COc1cc(NCC)cc([N+](=O)[O-])c1. The Hall–Kier alpha value is -1.78. The number of nitrogens with zero attached hydrogens (tertiary/aromatic N) is 1. The van der Waals surface area contributed by atoms with Gasteiger partial charge in [0, 0.05) is 24.4 Å². The minimum Gasteiger partial charge on any atom is -0.493 e. The molecule has 5 nitrogen and oxygen atoms in total. The molecule has 21 heavy (non-hydrogen) atoms. The summed E-state index contributed by atoms with van der Waals surface area (Å²) in [6, 6.07) is 4.85. The van der Waals surface area contributed by atoms with Gasteiger partial charge in [0.15, 0.2) is 0 Å². The summed E-state index contributed by atoms with van der Waals surface area (Å²) in [5.74, 6) is 1.07. The number of hydrogen-bond donors (Lipinski definition) is 1. The van der Waals surface area contributed by atoms with E-state index in [0.29, 0.717) is 24.8 Å². The zero-order valence-electron chi connectivity index (χ0n) is 13.2. The summed E-state index contributed by atoms with van der Waals surface area (Å²) in [5.41, 5.74) is 0.786. The first-order valence-corrected chi connectivity index (χ1v) is 7.76. The van der Waals surface area contributed by atoms with E-state index in [9.17, 15) is 10.1 Å². The Bertz CT molecular complexity index is 449. The molecule has 1 atom stereocenters. The molecule has 0 amide bonds. The molecule has 1 N–H and O–H groups in total. The van der Waals surface area contributed by atoms with E-state index < -0.39 is 0 Å². The van der Waals surface area contributed by atoms with Crippen LogP contribution >= 0.6 is 0 Å². The lowest BCUT2D eigenvalue weighted by molar-refractivity contribution is -0.384. The van der Waals surface area contributed by atoms with Crippen LogP contribution in [0.1, 0.15) is 46.5 Å². The van der Waals surface area contributed by atoms with Gasteiger partial charge in [-0.05, 0) is 19.3 Å². The Balaban J connectivity index is 2.74. The normalized spacial score (nSPS) is 12.0. The Morgan fingerprint density at radius 3 is 2.62 bits per heavy atom. The van der Waals surface area contributed by atoms with E-state index in [0.717, 1.165) is 18.5 Å². The number of hydrogen-bond acceptors (Lipinski definition) is 4. The average molecular weight is 294 g/mol. The van der Waals surface area contributed by atoms with Crippen molar-refractivity contribution in [1.29, 1.82) is 0 Å². The molecular weight excluding hydrogens is 268 g/mol. The fourth-order valence-corrected chi connectivity index (χ4v) is 2.19. The molecule has 0 aromatic heterocycles. The summed E-state index contributed by atoms with van der Waals surface area (Å²) in [7, 11) is 0. The Kier molecular flexibility index (Phi) is 7.58. The molecule has 1 aromatic rings. The number of ether oxygens (including phenoxy) is 1. The zero-order chi connectivity index (χ0) is 15.7. The summed E-state index contributed by atoms with van der Waals surface area (Å²) in [4.78, 5) is 10.6. The van der Waals surface area contributed by atoms with E-state index >= 15 is 0 Å². The number of nitro groups is 1. The van der Waals surface area contributed by atoms with Crippen LogP contribution in [0.3, 0.4) is 0 Å². The van der Waals surface area contributed by atoms with Gasteiger partial charge in [-0.3, -0.25) is 10.1 Å². The second-order valence-corrected chi connectivity index (χ2v) is 5.23. The van der Waals surface area contributed by atoms with Crippen molar-refractivity contribution in [2.24, 2.45) is 5.92 Å². The maximum absolute atomic E-state index is 11.0. The third-order valence-corrected chi connectivity index (χ3v) is 3.51. The number of benzene rings is 1. The van der Waals surface area contributed by atoms with Crippen LogP contribution in [0.4, 0.5) is 11.4 Å². The quantitative estimate of drug-likeness (QED) is 0.505. The highest BCUT2D eigenvalue weighted by Gasteiger charge is 2.12. The van der Waals surface area contributed by atoms with Gasteiger partial charge in [0.25, 0.3) is 5.69 Å². The molecule has 0 saturated heterocycles. The van der Waals surface area contributed by atoms with E-state index in [-0.39, 0.29) is 10.6 Å². The highest BCUT2D eigenvalue weighted by atomic mass is 16.6. The molecule has 1 unspecified atom stereocenters. The smallest absolute Gasteiger partial charge is 0.275 e. The lowest BCUT2D eigenvalue weighted by Gasteiger charge is -2.16. The van der Waals surface area contributed by atoms with Gasteiger partial charge < -0.3 is 10.1 Å². The summed E-state index contributed by atoms with van der Waals surface area (Å²) in [6.45, 7) is 7.62. The fourth-order valence-electron chi connectivity index (χ4n) is 2.19. The van der Waals surface area contributed by atoms with Crippen LogP contribution in [0.5, 0.6) is 5.75 Å². The van der Waals surface area contributed by atoms with Crippen molar-refractivity contribution in [3.8, 4) is 5.75 Å². The molecule has 5 heteroatoms. The highest BCUT2D eigenvalue weighted by molar-refractivity contribution is 5.56. The van der Waals surface area contributed by atoms with Gasteiger partial charge >= 0.3 is 0 Å². The summed E-state index contributed by atoms with van der Waals surface area (Å²) in [5, 5.41) is 14.1. The van der Waals surface area contributed by atoms with Crippen molar-refractivity contribution in [1.82, 2.24) is 0 Å². The van der Waals surface area contributed by atoms with E-state index in [1.165, 1.54) is 25.0 Å². The molecule has 0 radical (unpaired) electrons. The average Bonchev–Trinajstić information content (AvgIpc) is 2.47. The third kappa shape index (κ3) is 6.02. The van der Waals surface area contributed by atoms with E-state index in [1.807, 2.05) is 13.0 Å². The summed E-state index contributed by atoms with van der Waals surface area (Å²) < 4.78 is 5.79. The van der Waals surface area contributed by atoms with Crippen molar-refractivity contribution < 1.29 is 9.66 Å². The maximum atomic E-state index is 11.0. The van der Waals surface area contributed by atoms with Gasteiger partial charge in [-0.25, -0.2) is 0 Å². The maximum Gasteiger partial charge on any atom is 0.275 e. The van der Waals surface area contributed by atoms with Crippen LogP contribution in [0, 0.1) is 16.0 Å². The Labute approximate surface area is 126 Å². The predicted molar refractivity (Wildman–Crippen MR) is 86.1 cm³/mol. The fraction of sp³-hybridized carbons (Fsp3) is 0.625. The van der Waals surface area contributed by atoms with Crippen molar-refractivity contribution >= 4 is 11.4 Å². The molecule has 1 aromatic carbocycles. The van der Waals surface area contributed by atoms with Gasteiger partial charge in [-0.2, -0.15) is 0 Å². The van der Waals surface area contributed by atoms with Crippen LogP contribution < -0.4 is 10.1 Å². The monoisotopic (exact) mass is 294 g/mol. The van der Waals surface area contributed by atoms with E-state index in [1.54, 1.807) is 0 Å². The highest BCUT2D eigenvalue weighted by Crippen LogP contribution is 2.27. The first-order chi connectivity index (χ1) is 10.1. The molecule has 1 rings (SSSR count). The first kappa shape index (κ1) is 17.3. The number of non-ortho nitro benzene ring substituents is 1. The van der Waals surface area contributed by atoms with Crippen molar-refractivity contribution in [3.63, 3.8) is 0 Å². The van der Waals surface area contributed by atoms with E-state index in [2.05, 4.69) is 19.2 Å². The number of anilines is 1. The molecule has 118 valence electrons. The molecule has 0 aliphatic rings. The minimum absolute atomic E-state index is 0.0602. The second-order valence-electron chi connectivity index (χ2n) is 5.23. The van der Waals surface area contributed by atoms with Crippen LogP contribution in [0.2, 0.25) is 0 Å². The van der Waals surface area contributed by atoms with Gasteiger partial charge in [0.1, 0.15) is 5.75 Å². The standard InChI is InChI=1S/C16H26N2O3/c1-4-7-8-13(5-2)12-21-16-10-14(17-6-3)9-15(11-16)18(19)20/h9-11,13,17H,4-8,12H2,1-3H3. The molecule has 0 aliphatic heterocycles. The van der Waals surface area contributed by atoms with Crippen molar-refractivity contribution in [2.45, 2.75) is 46.5 Å². The van der Waals surface area contributed by atoms with Gasteiger partial charge in [-0.15, -0.1) is 0 Å². The summed E-state index contributed by atoms with van der Waals surface area (Å²) >= 11 is 0. The summed E-state index contributed by atoms with van der Waals surface area (Å²) in [6.07, 6.45) is 4.58. The van der Waals surface area contributed by atoms with Crippen molar-refractivity contribution in [3.05, 3.63) is 28.3 Å². The van der Waals surface area contributed by atoms with Crippen molar-refractivity contribution in [2.75, 3.05) is 18.5 Å². The number of unbranched alkanes of at least 4 members (excludes halogenated alkanes) is 1. The first-order valence-electron chi connectivity index (χ1n) is 7.76. The van der Waals surface area contributed by atoms with Crippen LogP contribution in [0.15, 0.2) is 18.2 Å². The molecule has 0 spiro atoms. The second kappa shape index (κ2) is 9.21. The molecular formula is C16H26N2O3.